The van der Waals surface area contributed by atoms with E-state index in [9.17, 15) is 9.59 Å². The van der Waals surface area contributed by atoms with Crippen LogP contribution in [0.2, 0.25) is 0 Å². The van der Waals surface area contributed by atoms with Gasteiger partial charge in [0.2, 0.25) is 0 Å². The van der Waals surface area contributed by atoms with Gasteiger partial charge in [-0.2, -0.15) is 0 Å². The molecule has 2 rings (SSSR count). The zero-order valence-corrected chi connectivity index (χ0v) is 12.8. The number of carbonyl (C=O) groups is 2. The molecule has 6 heteroatoms. The lowest BCUT2D eigenvalue weighted by Gasteiger charge is -2.11. The van der Waals surface area contributed by atoms with Crippen LogP contribution in [-0.4, -0.2) is 31.3 Å². The van der Waals surface area contributed by atoms with Crippen molar-refractivity contribution in [1.29, 1.82) is 0 Å². The lowest BCUT2D eigenvalue weighted by Crippen LogP contribution is -2.24. The topological polar surface area (TPSA) is 64.6 Å². The van der Waals surface area contributed by atoms with Crippen molar-refractivity contribution in [3.63, 3.8) is 0 Å². The van der Waals surface area contributed by atoms with Crippen LogP contribution in [0.4, 0.5) is 0 Å². The SMILES string of the molecule is CCOc1ccccc1C(=O)NC1=C(C(=O)OC)SCC1. The van der Waals surface area contributed by atoms with Gasteiger partial charge in [0.05, 0.1) is 19.3 Å². The Bertz CT molecular complexity index is 583. The highest BCUT2D eigenvalue weighted by molar-refractivity contribution is 8.04. The Balaban J connectivity index is 2.20. The first-order chi connectivity index (χ1) is 10.2. The summed E-state index contributed by atoms with van der Waals surface area (Å²) in [4.78, 5) is 24.5. The minimum atomic E-state index is -0.411. The second-order valence-corrected chi connectivity index (χ2v) is 5.39. The van der Waals surface area contributed by atoms with E-state index in [1.165, 1.54) is 18.9 Å². The lowest BCUT2D eigenvalue weighted by molar-refractivity contribution is -0.135. The number of thioether (sulfide) groups is 1. The van der Waals surface area contributed by atoms with Gasteiger partial charge in [-0.1, -0.05) is 12.1 Å². The predicted molar refractivity (Wildman–Crippen MR) is 81.2 cm³/mol. The van der Waals surface area contributed by atoms with Crippen LogP contribution in [0.5, 0.6) is 5.75 Å². The maximum Gasteiger partial charge on any atom is 0.346 e. The maximum atomic E-state index is 12.4. The van der Waals surface area contributed by atoms with Crippen LogP contribution in [0.1, 0.15) is 23.7 Å². The predicted octanol–water partition coefficient (Wildman–Crippen LogP) is 2.34. The summed E-state index contributed by atoms with van der Waals surface area (Å²) < 4.78 is 10.2. The van der Waals surface area contributed by atoms with Gasteiger partial charge in [-0.15, -0.1) is 11.8 Å². The number of ether oxygens (including phenoxy) is 2. The third kappa shape index (κ3) is 3.58. The Hall–Kier alpha value is -1.95. The summed E-state index contributed by atoms with van der Waals surface area (Å²) in [6.07, 6.45) is 0.637. The molecule has 1 amide bonds. The van der Waals surface area contributed by atoms with Gasteiger partial charge < -0.3 is 14.8 Å². The second-order valence-electron chi connectivity index (χ2n) is 4.28. The molecule has 1 aliphatic rings. The van der Waals surface area contributed by atoms with Gasteiger partial charge in [0, 0.05) is 11.4 Å². The van der Waals surface area contributed by atoms with E-state index >= 15 is 0 Å². The first kappa shape index (κ1) is 15.4. The van der Waals surface area contributed by atoms with Crippen LogP contribution in [0.25, 0.3) is 0 Å². The fraction of sp³-hybridized carbons (Fsp3) is 0.333. The standard InChI is InChI=1S/C15H17NO4S/c1-3-20-12-7-5-4-6-10(12)14(17)16-11-8-9-21-13(11)15(18)19-2/h4-7H,3,8-9H2,1-2H3,(H,16,17). The summed E-state index contributed by atoms with van der Waals surface area (Å²) >= 11 is 1.39. The number of hydrogen-bond donors (Lipinski definition) is 1. The summed E-state index contributed by atoms with van der Waals surface area (Å²) in [7, 11) is 1.33. The molecule has 21 heavy (non-hydrogen) atoms. The first-order valence-electron chi connectivity index (χ1n) is 6.64. The molecular formula is C15H17NO4S. The molecule has 0 bridgehead atoms. The second kappa shape index (κ2) is 7.17. The number of hydrogen-bond acceptors (Lipinski definition) is 5. The third-order valence-electron chi connectivity index (χ3n) is 2.94. The summed E-state index contributed by atoms with van der Waals surface area (Å²) in [5.74, 6) is 0.597. The van der Waals surface area contributed by atoms with Crippen molar-refractivity contribution >= 4 is 23.6 Å². The number of rotatable bonds is 5. The average molecular weight is 307 g/mol. The van der Waals surface area contributed by atoms with Crippen molar-refractivity contribution < 1.29 is 19.1 Å². The fourth-order valence-electron chi connectivity index (χ4n) is 1.99. The van der Waals surface area contributed by atoms with Gasteiger partial charge in [0.25, 0.3) is 5.91 Å². The minimum absolute atomic E-state index is 0.280. The van der Waals surface area contributed by atoms with Crippen molar-refractivity contribution in [3.8, 4) is 5.75 Å². The highest BCUT2D eigenvalue weighted by Crippen LogP contribution is 2.31. The number of esters is 1. The zero-order chi connectivity index (χ0) is 15.2. The van der Waals surface area contributed by atoms with Gasteiger partial charge in [-0.05, 0) is 25.5 Å². The quantitative estimate of drug-likeness (QED) is 0.846. The number of para-hydroxylation sites is 1. The number of allylic oxidation sites excluding steroid dienone is 1. The van der Waals surface area contributed by atoms with Crippen LogP contribution < -0.4 is 10.1 Å². The summed E-state index contributed by atoms with van der Waals surface area (Å²) in [5, 5.41) is 2.80. The van der Waals surface area contributed by atoms with E-state index in [4.69, 9.17) is 9.47 Å². The molecule has 0 atom stereocenters. The molecule has 1 heterocycles. The molecule has 0 aromatic heterocycles. The Morgan fingerprint density at radius 3 is 2.81 bits per heavy atom. The van der Waals surface area contributed by atoms with Crippen LogP contribution in [-0.2, 0) is 9.53 Å². The molecule has 112 valence electrons. The molecule has 0 spiro atoms. The molecule has 1 aromatic carbocycles. The van der Waals surface area contributed by atoms with E-state index in [2.05, 4.69) is 5.32 Å². The minimum Gasteiger partial charge on any atom is -0.493 e. The van der Waals surface area contributed by atoms with Crippen molar-refractivity contribution in [3.05, 3.63) is 40.4 Å². The maximum absolute atomic E-state index is 12.4. The summed E-state index contributed by atoms with van der Waals surface area (Å²) in [6, 6.07) is 7.03. The van der Waals surface area contributed by atoms with Crippen molar-refractivity contribution in [1.82, 2.24) is 5.32 Å². The van der Waals surface area contributed by atoms with E-state index in [0.717, 1.165) is 5.75 Å². The van der Waals surface area contributed by atoms with Crippen molar-refractivity contribution in [2.24, 2.45) is 0 Å². The van der Waals surface area contributed by atoms with E-state index in [0.29, 0.717) is 34.9 Å². The summed E-state index contributed by atoms with van der Waals surface area (Å²) in [6.45, 7) is 2.34. The molecule has 5 nitrogen and oxygen atoms in total. The largest absolute Gasteiger partial charge is 0.493 e. The zero-order valence-electron chi connectivity index (χ0n) is 12.0. The van der Waals surface area contributed by atoms with Gasteiger partial charge in [0.15, 0.2) is 0 Å². The number of benzene rings is 1. The molecular weight excluding hydrogens is 290 g/mol. The molecule has 1 aliphatic heterocycles. The Morgan fingerprint density at radius 2 is 2.10 bits per heavy atom. The van der Waals surface area contributed by atoms with E-state index in [1.54, 1.807) is 18.2 Å². The van der Waals surface area contributed by atoms with Crippen LogP contribution in [0.3, 0.4) is 0 Å². The normalized spacial score (nSPS) is 14.0. The molecule has 0 unspecified atom stereocenters. The number of amides is 1. The molecule has 0 saturated heterocycles. The fourth-order valence-corrected chi connectivity index (χ4v) is 3.03. The van der Waals surface area contributed by atoms with Gasteiger partial charge in [0.1, 0.15) is 10.7 Å². The first-order valence-corrected chi connectivity index (χ1v) is 7.63. The molecule has 0 aliphatic carbocycles. The highest BCUT2D eigenvalue weighted by atomic mass is 32.2. The lowest BCUT2D eigenvalue weighted by atomic mass is 10.1. The van der Waals surface area contributed by atoms with Crippen molar-refractivity contribution in [2.75, 3.05) is 19.5 Å². The molecule has 1 aromatic rings. The van der Waals surface area contributed by atoms with E-state index in [1.807, 2.05) is 13.0 Å². The van der Waals surface area contributed by atoms with Crippen LogP contribution in [0.15, 0.2) is 34.9 Å². The van der Waals surface area contributed by atoms with Gasteiger partial charge >= 0.3 is 5.97 Å². The smallest absolute Gasteiger partial charge is 0.346 e. The number of methoxy groups -OCH3 is 1. The Kier molecular flexibility index (Phi) is 5.27. The molecule has 1 N–H and O–H groups in total. The summed E-state index contributed by atoms with van der Waals surface area (Å²) in [5.41, 5.74) is 1.07. The Labute approximate surface area is 127 Å². The molecule has 0 saturated carbocycles. The number of carbonyl (C=O) groups excluding carboxylic acids is 2. The highest BCUT2D eigenvalue weighted by Gasteiger charge is 2.24. The Morgan fingerprint density at radius 1 is 1.33 bits per heavy atom. The van der Waals surface area contributed by atoms with E-state index < -0.39 is 5.97 Å². The van der Waals surface area contributed by atoms with E-state index in [-0.39, 0.29) is 5.91 Å². The van der Waals surface area contributed by atoms with Crippen LogP contribution in [0, 0.1) is 0 Å². The molecule has 0 radical (unpaired) electrons. The molecule has 0 fully saturated rings. The van der Waals surface area contributed by atoms with Gasteiger partial charge in [-0.25, -0.2) is 4.79 Å². The monoisotopic (exact) mass is 307 g/mol. The van der Waals surface area contributed by atoms with Gasteiger partial charge in [-0.3, -0.25) is 4.79 Å². The van der Waals surface area contributed by atoms with Crippen LogP contribution >= 0.6 is 11.8 Å². The van der Waals surface area contributed by atoms with Crippen molar-refractivity contribution in [2.45, 2.75) is 13.3 Å². The third-order valence-corrected chi connectivity index (χ3v) is 4.05. The average Bonchev–Trinajstić information content (AvgIpc) is 2.95. The number of nitrogens with one attached hydrogen (secondary N) is 1.